The summed E-state index contributed by atoms with van der Waals surface area (Å²) in [5.74, 6) is 0.158. The quantitative estimate of drug-likeness (QED) is 0.707. The molecule has 2 rings (SSSR count). The molecule has 0 radical (unpaired) electrons. The Morgan fingerprint density at radius 1 is 1.26 bits per heavy atom. The lowest BCUT2D eigenvalue weighted by atomic mass is 9.96. The number of hydrogen-bond acceptors (Lipinski definition) is 5. The molecule has 0 spiro atoms. The standard InChI is InChI=1S/C18H28N2O3/c1-14(20(9-11-22-2)10-12-23-3)18(21)16-6-7-17-15(13-16)5-4-8-19-17/h6-7,13-14,19H,4-5,8-12H2,1-3H3. The first kappa shape index (κ1) is 17.9. The molecule has 23 heavy (non-hydrogen) atoms. The topological polar surface area (TPSA) is 50.8 Å². The van der Waals surface area contributed by atoms with Gasteiger partial charge >= 0.3 is 0 Å². The summed E-state index contributed by atoms with van der Waals surface area (Å²) in [5, 5.41) is 3.38. The van der Waals surface area contributed by atoms with Gasteiger partial charge in [-0.15, -0.1) is 0 Å². The Kier molecular flexibility index (Phi) is 7.02. The molecule has 1 unspecified atom stereocenters. The molecule has 128 valence electrons. The number of benzene rings is 1. The maximum atomic E-state index is 12.9. The second-order valence-electron chi connectivity index (χ2n) is 5.96. The average molecular weight is 320 g/mol. The summed E-state index contributed by atoms with van der Waals surface area (Å²) in [6.07, 6.45) is 2.16. The van der Waals surface area contributed by atoms with Crippen LogP contribution >= 0.6 is 0 Å². The number of nitrogens with zero attached hydrogens (tertiary/aromatic N) is 1. The molecule has 1 atom stereocenters. The first-order valence-electron chi connectivity index (χ1n) is 8.30. The van der Waals surface area contributed by atoms with E-state index in [1.807, 2.05) is 25.1 Å². The van der Waals surface area contributed by atoms with Gasteiger partial charge in [-0.05, 0) is 43.5 Å². The third-order valence-corrected chi connectivity index (χ3v) is 4.42. The van der Waals surface area contributed by atoms with Crippen LogP contribution in [0.3, 0.4) is 0 Å². The van der Waals surface area contributed by atoms with E-state index >= 15 is 0 Å². The summed E-state index contributed by atoms with van der Waals surface area (Å²) in [5.41, 5.74) is 3.20. The zero-order valence-corrected chi connectivity index (χ0v) is 14.4. The molecule has 1 N–H and O–H groups in total. The Morgan fingerprint density at radius 3 is 2.61 bits per heavy atom. The lowest BCUT2D eigenvalue weighted by Crippen LogP contribution is -2.42. The number of carbonyl (C=O) groups excluding carboxylic acids is 1. The molecule has 1 heterocycles. The fourth-order valence-electron chi connectivity index (χ4n) is 2.95. The summed E-state index contributed by atoms with van der Waals surface area (Å²) < 4.78 is 10.3. The zero-order valence-electron chi connectivity index (χ0n) is 14.4. The summed E-state index contributed by atoms with van der Waals surface area (Å²) in [6.45, 7) is 5.63. The highest BCUT2D eigenvalue weighted by Gasteiger charge is 2.23. The van der Waals surface area contributed by atoms with Crippen LogP contribution in [0.2, 0.25) is 0 Å². The Labute approximate surface area is 139 Å². The number of carbonyl (C=O) groups is 1. The van der Waals surface area contributed by atoms with Crippen molar-refractivity contribution in [3.8, 4) is 0 Å². The van der Waals surface area contributed by atoms with Crippen molar-refractivity contribution < 1.29 is 14.3 Å². The number of nitrogens with one attached hydrogen (secondary N) is 1. The van der Waals surface area contributed by atoms with E-state index in [0.717, 1.165) is 43.7 Å². The van der Waals surface area contributed by atoms with Crippen molar-refractivity contribution in [2.45, 2.75) is 25.8 Å². The smallest absolute Gasteiger partial charge is 0.179 e. The van der Waals surface area contributed by atoms with Gasteiger partial charge in [0.2, 0.25) is 0 Å². The van der Waals surface area contributed by atoms with Crippen molar-refractivity contribution in [3.05, 3.63) is 29.3 Å². The Balaban J connectivity index is 2.09. The normalized spacial score (nSPS) is 15.1. The van der Waals surface area contributed by atoms with Gasteiger partial charge < -0.3 is 14.8 Å². The fraction of sp³-hybridized carbons (Fsp3) is 0.611. The molecule has 0 aromatic heterocycles. The first-order chi connectivity index (χ1) is 11.2. The minimum atomic E-state index is -0.185. The van der Waals surface area contributed by atoms with Crippen LogP contribution in [0.25, 0.3) is 0 Å². The van der Waals surface area contributed by atoms with Gasteiger partial charge in [-0.2, -0.15) is 0 Å². The van der Waals surface area contributed by atoms with E-state index in [9.17, 15) is 4.79 Å². The molecule has 0 saturated heterocycles. The predicted octanol–water partition coefficient (Wildman–Crippen LogP) is 2.21. The minimum Gasteiger partial charge on any atom is -0.385 e. The van der Waals surface area contributed by atoms with E-state index < -0.39 is 0 Å². The van der Waals surface area contributed by atoms with Gasteiger partial charge in [-0.3, -0.25) is 9.69 Å². The highest BCUT2D eigenvalue weighted by atomic mass is 16.5. The van der Waals surface area contributed by atoms with Crippen molar-refractivity contribution >= 4 is 11.5 Å². The molecule has 0 bridgehead atoms. The fourth-order valence-corrected chi connectivity index (χ4v) is 2.95. The minimum absolute atomic E-state index is 0.158. The van der Waals surface area contributed by atoms with Crippen LogP contribution in [0, 0.1) is 0 Å². The number of ketones is 1. The molecule has 5 heteroatoms. The number of hydrogen-bond donors (Lipinski definition) is 1. The third kappa shape index (κ3) is 4.77. The van der Waals surface area contributed by atoms with E-state index in [-0.39, 0.29) is 11.8 Å². The zero-order chi connectivity index (χ0) is 16.7. The van der Waals surface area contributed by atoms with Gasteiger partial charge in [0.05, 0.1) is 19.3 Å². The van der Waals surface area contributed by atoms with Gasteiger partial charge in [0.25, 0.3) is 0 Å². The van der Waals surface area contributed by atoms with Crippen LogP contribution < -0.4 is 5.32 Å². The van der Waals surface area contributed by atoms with Crippen molar-refractivity contribution in [2.24, 2.45) is 0 Å². The van der Waals surface area contributed by atoms with Crippen molar-refractivity contribution in [3.63, 3.8) is 0 Å². The molecule has 0 saturated carbocycles. The highest BCUT2D eigenvalue weighted by molar-refractivity contribution is 6.00. The van der Waals surface area contributed by atoms with Crippen LogP contribution in [-0.4, -0.2) is 63.8 Å². The molecule has 0 amide bonds. The van der Waals surface area contributed by atoms with E-state index in [0.29, 0.717) is 13.2 Å². The van der Waals surface area contributed by atoms with Crippen LogP contribution in [0.4, 0.5) is 5.69 Å². The number of rotatable bonds is 9. The predicted molar refractivity (Wildman–Crippen MR) is 92.4 cm³/mol. The molecule has 1 aliphatic heterocycles. The number of methoxy groups -OCH3 is 2. The maximum absolute atomic E-state index is 12.9. The monoisotopic (exact) mass is 320 g/mol. The van der Waals surface area contributed by atoms with Crippen LogP contribution in [-0.2, 0) is 15.9 Å². The van der Waals surface area contributed by atoms with Crippen molar-refractivity contribution in [1.29, 1.82) is 0 Å². The molecular weight excluding hydrogens is 292 g/mol. The van der Waals surface area contributed by atoms with Gasteiger partial charge in [-0.1, -0.05) is 0 Å². The van der Waals surface area contributed by atoms with E-state index in [2.05, 4.69) is 10.2 Å². The summed E-state index contributed by atoms with van der Waals surface area (Å²) in [7, 11) is 3.36. The second kappa shape index (κ2) is 9.01. The molecule has 0 aliphatic carbocycles. The van der Waals surface area contributed by atoms with E-state index in [1.165, 1.54) is 5.56 Å². The molecule has 1 aromatic carbocycles. The summed E-state index contributed by atoms with van der Waals surface area (Å²) in [6, 6.07) is 5.82. The molecule has 5 nitrogen and oxygen atoms in total. The van der Waals surface area contributed by atoms with Crippen molar-refractivity contribution in [2.75, 3.05) is 52.4 Å². The number of Topliss-reactive ketones (excluding diaryl/α,β-unsaturated/α-hetero) is 1. The Bertz CT molecular complexity index is 511. The van der Waals surface area contributed by atoms with Gasteiger partial charge in [-0.25, -0.2) is 0 Å². The number of anilines is 1. The summed E-state index contributed by atoms with van der Waals surface area (Å²) in [4.78, 5) is 15.0. The Morgan fingerprint density at radius 2 is 1.96 bits per heavy atom. The van der Waals surface area contributed by atoms with Crippen LogP contribution in [0.1, 0.15) is 29.3 Å². The van der Waals surface area contributed by atoms with Crippen molar-refractivity contribution in [1.82, 2.24) is 4.90 Å². The van der Waals surface area contributed by atoms with Gasteiger partial charge in [0.1, 0.15) is 0 Å². The molecule has 1 aromatic rings. The molecule has 0 fully saturated rings. The highest BCUT2D eigenvalue weighted by Crippen LogP contribution is 2.24. The Hall–Kier alpha value is -1.43. The van der Waals surface area contributed by atoms with Crippen LogP contribution in [0.5, 0.6) is 0 Å². The van der Waals surface area contributed by atoms with E-state index in [4.69, 9.17) is 9.47 Å². The maximum Gasteiger partial charge on any atom is 0.179 e. The van der Waals surface area contributed by atoms with Gasteiger partial charge in [0.15, 0.2) is 5.78 Å². The van der Waals surface area contributed by atoms with Gasteiger partial charge in [0, 0.05) is 45.1 Å². The average Bonchev–Trinajstić information content (AvgIpc) is 2.60. The largest absolute Gasteiger partial charge is 0.385 e. The number of ether oxygens (including phenoxy) is 2. The van der Waals surface area contributed by atoms with Crippen LogP contribution in [0.15, 0.2) is 18.2 Å². The number of aryl methyl sites for hydroxylation is 1. The SMILES string of the molecule is COCCN(CCOC)C(C)C(=O)c1ccc2c(c1)CCCN2. The lowest BCUT2D eigenvalue weighted by molar-refractivity contribution is 0.0687. The lowest BCUT2D eigenvalue weighted by Gasteiger charge is -2.28. The second-order valence-corrected chi connectivity index (χ2v) is 5.96. The third-order valence-electron chi connectivity index (χ3n) is 4.42. The number of fused-ring (bicyclic) bond motifs is 1. The molecular formula is C18H28N2O3. The van der Waals surface area contributed by atoms with E-state index in [1.54, 1.807) is 14.2 Å². The first-order valence-corrected chi connectivity index (χ1v) is 8.30. The molecule has 1 aliphatic rings. The summed E-state index contributed by atoms with van der Waals surface area (Å²) >= 11 is 0.